The molecule has 7 nitrogen and oxygen atoms in total. The summed E-state index contributed by atoms with van der Waals surface area (Å²) in [5.74, 6) is -4.46. The molecular formula is C19H24O7. The molecule has 142 valence electrons. The number of benzene rings is 1. The van der Waals surface area contributed by atoms with Gasteiger partial charge in [0.25, 0.3) is 0 Å². The van der Waals surface area contributed by atoms with Gasteiger partial charge in [-0.15, -0.1) is 0 Å². The number of hydrogen-bond donors (Lipinski definition) is 1. The van der Waals surface area contributed by atoms with E-state index in [4.69, 9.17) is 14.2 Å². The van der Waals surface area contributed by atoms with E-state index in [9.17, 15) is 19.5 Å². The first-order valence-corrected chi connectivity index (χ1v) is 8.40. The van der Waals surface area contributed by atoms with Crippen molar-refractivity contribution < 1.29 is 33.7 Å². The molecule has 0 radical (unpaired) electrons. The van der Waals surface area contributed by atoms with Crippen molar-refractivity contribution in [3.8, 4) is 5.75 Å². The standard InChI is InChI=1S/C19H24O7/c1-5-26-12-8-6-11(7-9-12)14-15(17(21)24-3)13(20)10-19(2,23)16(14)18(22)25-4/h6-9,14-16,23H,5,10H2,1-4H3. The molecule has 1 N–H and O–H groups in total. The van der Waals surface area contributed by atoms with Crippen LogP contribution in [0.4, 0.5) is 0 Å². The molecule has 1 saturated carbocycles. The maximum absolute atomic E-state index is 12.6. The summed E-state index contributed by atoms with van der Waals surface area (Å²) in [7, 11) is 2.39. The van der Waals surface area contributed by atoms with Crippen molar-refractivity contribution in [2.24, 2.45) is 11.8 Å². The number of carbonyl (C=O) groups is 3. The molecule has 0 spiro atoms. The summed E-state index contributed by atoms with van der Waals surface area (Å²) in [6.45, 7) is 3.75. The topological polar surface area (TPSA) is 99.1 Å². The number of aliphatic hydroxyl groups is 1. The predicted molar refractivity (Wildman–Crippen MR) is 91.6 cm³/mol. The summed E-state index contributed by atoms with van der Waals surface area (Å²) >= 11 is 0. The van der Waals surface area contributed by atoms with E-state index in [2.05, 4.69) is 0 Å². The largest absolute Gasteiger partial charge is 0.494 e. The Kier molecular flexibility index (Phi) is 6.02. The Bertz CT molecular complexity index is 678. The molecule has 1 aromatic carbocycles. The Morgan fingerprint density at radius 3 is 2.23 bits per heavy atom. The molecule has 0 amide bonds. The van der Waals surface area contributed by atoms with Gasteiger partial charge in [-0.2, -0.15) is 0 Å². The highest BCUT2D eigenvalue weighted by molar-refractivity contribution is 6.02. The highest BCUT2D eigenvalue weighted by Crippen LogP contribution is 2.46. The zero-order valence-electron chi connectivity index (χ0n) is 15.4. The van der Waals surface area contributed by atoms with Crippen LogP contribution in [0.25, 0.3) is 0 Å². The Labute approximate surface area is 152 Å². The van der Waals surface area contributed by atoms with Crippen molar-refractivity contribution in [1.82, 2.24) is 0 Å². The third-order valence-electron chi connectivity index (χ3n) is 4.75. The van der Waals surface area contributed by atoms with Gasteiger partial charge in [-0.1, -0.05) is 12.1 Å². The Balaban J connectivity index is 2.57. The average Bonchev–Trinajstić information content (AvgIpc) is 2.60. The van der Waals surface area contributed by atoms with Crippen molar-refractivity contribution in [1.29, 1.82) is 0 Å². The van der Waals surface area contributed by atoms with Crippen LogP contribution in [0.1, 0.15) is 31.7 Å². The normalized spacial score (nSPS) is 28.3. The van der Waals surface area contributed by atoms with Crippen molar-refractivity contribution in [2.75, 3.05) is 20.8 Å². The van der Waals surface area contributed by atoms with Crippen LogP contribution in [0.15, 0.2) is 24.3 Å². The first-order chi connectivity index (χ1) is 12.3. The summed E-state index contributed by atoms with van der Waals surface area (Å²) in [5.41, 5.74) is -1.09. The fraction of sp³-hybridized carbons (Fsp3) is 0.526. The quantitative estimate of drug-likeness (QED) is 0.624. The minimum absolute atomic E-state index is 0.333. The van der Waals surface area contributed by atoms with E-state index in [1.54, 1.807) is 24.3 Å². The Morgan fingerprint density at radius 2 is 1.73 bits per heavy atom. The van der Waals surface area contributed by atoms with Crippen LogP contribution in [0.5, 0.6) is 5.75 Å². The van der Waals surface area contributed by atoms with Gasteiger partial charge in [0.1, 0.15) is 11.7 Å². The van der Waals surface area contributed by atoms with Crippen LogP contribution in [-0.2, 0) is 23.9 Å². The number of carbonyl (C=O) groups excluding carboxylic acids is 3. The van der Waals surface area contributed by atoms with Gasteiger partial charge in [-0.25, -0.2) is 0 Å². The molecule has 4 unspecified atom stereocenters. The van der Waals surface area contributed by atoms with Crippen molar-refractivity contribution in [2.45, 2.75) is 31.8 Å². The molecule has 1 fully saturated rings. The molecule has 0 aromatic heterocycles. The molecule has 26 heavy (non-hydrogen) atoms. The van der Waals surface area contributed by atoms with E-state index in [1.807, 2.05) is 6.92 Å². The molecule has 2 rings (SSSR count). The van der Waals surface area contributed by atoms with Gasteiger partial charge in [-0.05, 0) is 31.5 Å². The maximum Gasteiger partial charge on any atom is 0.316 e. The van der Waals surface area contributed by atoms with Gasteiger partial charge in [0.2, 0.25) is 0 Å². The van der Waals surface area contributed by atoms with Crippen molar-refractivity contribution in [3.05, 3.63) is 29.8 Å². The van der Waals surface area contributed by atoms with Crippen LogP contribution in [0, 0.1) is 11.8 Å². The molecule has 1 aliphatic carbocycles. The molecular weight excluding hydrogens is 340 g/mol. The smallest absolute Gasteiger partial charge is 0.316 e. The SMILES string of the molecule is CCOc1ccc(C2C(C(=O)OC)C(=O)CC(C)(O)C2C(=O)OC)cc1. The minimum Gasteiger partial charge on any atom is -0.494 e. The second kappa shape index (κ2) is 7.86. The monoisotopic (exact) mass is 364 g/mol. The van der Waals surface area contributed by atoms with E-state index in [0.29, 0.717) is 17.9 Å². The number of hydrogen-bond acceptors (Lipinski definition) is 7. The third-order valence-corrected chi connectivity index (χ3v) is 4.75. The summed E-state index contributed by atoms with van der Waals surface area (Å²) in [4.78, 5) is 37.3. The van der Waals surface area contributed by atoms with Crippen LogP contribution < -0.4 is 4.74 Å². The summed E-state index contributed by atoms with van der Waals surface area (Å²) in [6.07, 6.45) is -0.333. The van der Waals surface area contributed by atoms with Crippen LogP contribution in [0.3, 0.4) is 0 Å². The molecule has 4 atom stereocenters. The number of ketones is 1. The lowest BCUT2D eigenvalue weighted by Gasteiger charge is -2.43. The average molecular weight is 364 g/mol. The van der Waals surface area contributed by atoms with E-state index in [-0.39, 0.29) is 6.42 Å². The van der Waals surface area contributed by atoms with Crippen LogP contribution in [-0.4, -0.2) is 49.3 Å². The molecule has 0 saturated heterocycles. The minimum atomic E-state index is -1.64. The molecule has 0 aliphatic heterocycles. The summed E-state index contributed by atoms with van der Waals surface area (Å²) in [6, 6.07) is 6.73. The predicted octanol–water partition coefficient (Wildman–Crippen LogP) is 1.47. The zero-order valence-corrected chi connectivity index (χ0v) is 15.4. The summed E-state index contributed by atoms with van der Waals surface area (Å²) in [5, 5.41) is 10.8. The van der Waals surface area contributed by atoms with Gasteiger partial charge < -0.3 is 19.3 Å². The first-order valence-electron chi connectivity index (χ1n) is 8.40. The fourth-order valence-electron chi connectivity index (χ4n) is 3.62. The van der Waals surface area contributed by atoms with Gasteiger partial charge in [0, 0.05) is 12.3 Å². The second-order valence-electron chi connectivity index (χ2n) is 6.53. The number of ether oxygens (including phenoxy) is 3. The molecule has 1 aromatic rings. The van der Waals surface area contributed by atoms with Crippen molar-refractivity contribution >= 4 is 17.7 Å². The van der Waals surface area contributed by atoms with E-state index < -0.39 is 41.1 Å². The lowest BCUT2D eigenvalue weighted by Crippen LogP contribution is -2.55. The molecule has 0 heterocycles. The van der Waals surface area contributed by atoms with E-state index in [1.165, 1.54) is 21.1 Å². The van der Waals surface area contributed by atoms with E-state index in [0.717, 1.165) is 0 Å². The first kappa shape index (κ1) is 19.9. The maximum atomic E-state index is 12.6. The van der Waals surface area contributed by atoms with Crippen LogP contribution >= 0.6 is 0 Å². The molecule has 0 bridgehead atoms. The lowest BCUT2D eigenvalue weighted by atomic mass is 9.62. The second-order valence-corrected chi connectivity index (χ2v) is 6.53. The summed E-state index contributed by atoms with van der Waals surface area (Å²) < 4.78 is 15.0. The van der Waals surface area contributed by atoms with Crippen LogP contribution in [0.2, 0.25) is 0 Å². The zero-order chi connectivity index (χ0) is 19.5. The van der Waals surface area contributed by atoms with Gasteiger partial charge in [0.05, 0.1) is 32.3 Å². The fourth-order valence-corrected chi connectivity index (χ4v) is 3.62. The van der Waals surface area contributed by atoms with Gasteiger partial charge in [0.15, 0.2) is 5.78 Å². The van der Waals surface area contributed by atoms with Gasteiger partial charge in [-0.3, -0.25) is 14.4 Å². The third kappa shape index (κ3) is 3.72. The highest BCUT2D eigenvalue weighted by atomic mass is 16.5. The Hall–Kier alpha value is -2.41. The van der Waals surface area contributed by atoms with E-state index >= 15 is 0 Å². The van der Waals surface area contributed by atoms with Gasteiger partial charge >= 0.3 is 11.9 Å². The number of methoxy groups -OCH3 is 2. The number of rotatable bonds is 5. The number of esters is 2. The lowest BCUT2D eigenvalue weighted by molar-refractivity contribution is -0.170. The Morgan fingerprint density at radius 1 is 1.15 bits per heavy atom. The molecule has 7 heteroatoms. The molecule has 1 aliphatic rings. The number of Topliss-reactive ketones (excluding diaryl/α,β-unsaturated/α-hetero) is 1. The highest BCUT2D eigenvalue weighted by Gasteiger charge is 2.56. The van der Waals surface area contributed by atoms with Crippen molar-refractivity contribution in [3.63, 3.8) is 0 Å².